The third kappa shape index (κ3) is 2.32. The summed E-state index contributed by atoms with van der Waals surface area (Å²) in [5.41, 5.74) is 4.71. The summed E-state index contributed by atoms with van der Waals surface area (Å²) < 4.78 is 36.3. The third-order valence-electron chi connectivity index (χ3n) is 1.48. The quantitative estimate of drug-likeness (QED) is 0.773. The van der Waals surface area contributed by atoms with Crippen molar-refractivity contribution in [2.45, 2.75) is 12.2 Å². The predicted molar refractivity (Wildman–Crippen MR) is 42.2 cm³/mol. The standard InChI is InChI=1S/C7H6ClF3N2/c8-5-1-2-13-3-4(5)6(12)7(9,10)11/h1-3,6H,12H2. The second-order valence-corrected chi connectivity index (χ2v) is 2.82. The van der Waals surface area contributed by atoms with Gasteiger partial charge in [0.1, 0.15) is 6.04 Å². The number of halogens is 4. The van der Waals surface area contributed by atoms with Crippen molar-refractivity contribution in [3.63, 3.8) is 0 Å². The van der Waals surface area contributed by atoms with Gasteiger partial charge in [0.05, 0.1) is 0 Å². The van der Waals surface area contributed by atoms with E-state index >= 15 is 0 Å². The molecule has 0 saturated heterocycles. The Morgan fingerprint density at radius 1 is 1.46 bits per heavy atom. The van der Waals surface area contributed by atoms with E-state index < -0.39 is 12.2 Å². The van der Waals surface area contributed by atoms with E-state index in [1.807, 2.05) is 0 Å². The van der Waals surface area contributed by atoms with E-state index in [1.54, 1.807) is 0 Å². The lowest BCUT2D eigenvalue weighted by Crippen LogP contribution is -2.28. The lowest BCUT2D eigenvalue weighted by Gasteiger charge is -2.16. The van der Waals surface area contributed by atoms with E-state index in [0.717, 1.165) is 6.20 Å². The lowest BCUT2D eigenvalue weighted by atomic mass is 10.1. The molecular formula is C7H6ClF3N2. The Labute approximate surface area is 77.5 Å². The number of aromatic nitrogens is 1. The van der Waals surface area contributed by atoms with Crippen LogP contribution in [0.1, 0.15) is 11.6 Å². The topological polar surface area (TPSA) is 38.9 Å². The number of hydrogen-bond acceptors (Lipinski definition) is 2. The van der Waals surface area contributed by atoms with Crippen LogP contribution in [0.3, 0.4) is 0 Å². The molecule has 0 aliphatic heterocycles. The summed E-state index contributed by atoms with van der Waals surface area (Å²) in [6, 6.07) is -0.809. The molecular weight excluding hydrogens is 205 g/mol. The van der Waals surface area contributed by atoms with E-state index in [1.165, 1.54) is 12.3 Å². The summed E-state index contributed by atoms with van der Waals surface area (Å²) in [6.07, 6.45) is -2.18. The molecule has 72 valence electrons. The Hall–Kier alpha value is -0.810. The van der Waals surface area contributed by atoms with Gasteiger partial charge in [0.15, 0.2) is 0 Å². The van der Waals surface area contributed by atoms with Crippen LogP contribution < -0.4 is 5.73 Å². The number of nitrogens with two attached hydrogens (primary N) is 1. The molecule has 0 radical (unpaired) electrons. The molecule has 1 rings (SSSR count). The highest BCUT2D eigenvalue weighted by atomic mass is 35.5. The van der Waals surface area contributed by atoms with Crippen LogP contribution in [0.2, 0.25) is 5.02 Å². The molecule has 2 N–H and O–H groups in total. The van der Waals surface area contributed by atoms with Gasteiger partial charge < -0.3 is 5.73 Å². The van der Waals surface area contributed by atoms with Gasteiger partial charge in [-0.15, -0.1) is 0 Å². The maximum atomic E-state index is 12.1. The Kier molecular flexibility index (Phi) is 2.77. The molecule has 1 heterocycles. The number of hydrogen-bond donors (Lipinski definition) is 1. The van der Waals surface area contributed by atoms with E-state index in [0.29, 0.717) is 0 Å². The van der Waals surface area contributed by atoms with Gasteiger partial charge in [-0.05, 0) is 6.07 Å². The van der Waals surface area contributed by atoms with Crippen LogP contribution in [0.5, 0.6) is 0 Å². The molecule has 0 saturated carbocycles. The molecule has 0 fully saturated rings. The van der Waals surface area contributed by atoms with E-state index in [2.05, 4.69) is 4.98 Å². The number of rotatable bonds is 1. The zero-order chi connectivity index (χ0) is 10.1. The van der Waals surface area contributed by atoms with Crippen LogP contribution in [0.4, 0.5) is 13.2 Å². The van der Waals surface area contributed by atoms with Gasteiger partial charge in [0.25, 0.3) is 0 Å². The van der Waals surface area contributed by atoms with E-state index in [-0.39, 0.29) is 10.6 Å². The summed E-state index contributed by atoms with van der Waals surface area (Å²) in [7, 11) is 0. The van der Waals surface area contributed by atoms with Crippen LogP contribution in [-0.4, -0.2) is 11.2 Å². The average Bonchev–Trinajstić information content (AvgIpc) is 2.02. The molecule has 1 aromatic heterocycles. The van der Waals surface area contributed by atoms with Crippen molar-refractivity contribution in [3.8, 4) is 0 Å². The van der Waals surface area contributed by atoms with Crippen molar-refractivity contribution in [3.05, 3.63) is 29.0 Å². The molecule has 0 aliphatic rings. The van der Waals surface area contributed by atoms with E-state index in [9.17, 15) is 13.2 Å². The minimum atomic E-state index is -4.49. The van der Waals surface area contributed by atoms with Crippen molar-refractivity contribution in [2.24, 2.45) is 5.73 Å². The maximum Gasteiger partial charge on any atom is 0.407 e. The largest absolute Gasteiger partial charge is 0.407 e. The first-order valence-electron chi connectivity index (χ1n) is 3.34. The van der Waals surface area contributed by atoms with Crippen LogP contribution in [0.25, 0.3) is 0 Å². The second kappa shape index (κ2) is 3.51. The highest BCUT2D eigenvalue weighted by Gasteiger charge is 2.38. The second-order valence-electron chi connectivity index (χ2n) is 2.42. The minimum absolute atomic E-state index is 0.0279. The summed E-state index contributed by atoms with van der Waals surface area (Å²) >= 11 is 5.51. The van der Waals surface area contributed by atoms with Gasteiger partial charge in [-0.1, -0.05) is 11.6 Å². The molecule has 0 spiro atoms. The van der Waals surface area contributed by atoms with Gasteiger partial charge in [-0.2, -0.15) is 13.2 Å². The number of pyridine rings is 1. The summed E-state index contributed by atoms with van der Waals surface area (Å²) in [5, 5.41) is -0.0279. The van der Waals surface area contributed by atoms with Gasteiger partial charge >= 0.3 is 6.18 Å². The third-order valence-corrected chi connectivity index (χ3v) is 1.83. The average molecular weight is 211 g/mol. The van der Waals surface area contributed by atoms with Gasteiger partial charge in [0.2, 0.25) is 0 Å². The number of alkyl halides is 3. The summed E-state index contributed by atoms with van der Waals surface area (Å²) in [6.45, 7) is 0. The summed E-state index contributed by atoms with van der Waals surface area (Å²) in [4.78, 5) is 3.52. The fourth-order valence-electron chi connectivity index (χ4n) is 0.795. The smallest absolute Gasteiger partial charge is 0.316 e. The van der Waals surface area contributed by atoms with Crippen molar-refractivity contribution in [1.29, 1.82) is 0 Å². The highest BCUT2D eigenvalue weighted by molar-refractivity contribution is 6.31. The summed E-state index contributed by atoms with van der Waals surface area (Å²) in [5.74, 6) is 0. The Balaban J connectivity index is 3.02. The molecule has 1 aromatic rings. The molecule has 0 aromatic carbocycles. The van der Waals surface area contributed by atoms with Crippen LogP contribution >= 0.6 is 11.6 Å². The monoisotopic (exact) mass is 210 g/mol. The first-order valence-corrected chi connectivity index (χ1v) is 3.72. The molecule has 1 atom stereocenters. The van der Waals surface area contributed by atoms with Crippen LogP contribution in [-0.2, 0) is 0 Å². The molecule has 0 bridgehead atoms. The Morgan fingerprint density at radius 2 is 2.08 bits per heavy atom. The maximum absolute atomic E-state index is 12.1. The van der Waals surface area contributed by atoms with Crippen LogP contribution in [0.15, 0.2) is 18.5 Å². The number of nitrogens with zero attached hydrogens (tertiary/aromatic N) is 1. The van der Waals surface area contributed by atoms with Crippen molar-refractivity contribution >= 4 is 11.6 Å². The fraction of sp³-hybridized carbons (Fsp3) is 0.286. The van der Waals surface area contributed by atoms with Gasteiger partial charge in [-0.25, -0.2) is 0 Å². The van der Waals surface area contributed by atoms with Gasteiger partial charge in [-0.3, -0.25) is 4.98 Å². The molecule has 0 amide bonds. The minimum Gasteiger partial charge on any atom is -0.316 e. The van der Waals surface area contributed by atoms with Crippen molar-refractivity contribution in [1.82, 2.24) is 4.98 Å². The molecule has 1 unspecified atom stereocenters. The zero-order valence-electron chi connectivity index (χ0n) is 6.35. The zero-order valence-corrected chi connectivity index (χ0v) is 7.10. The van der Waals surface area contributed by atoms with Crippen molar-refractivity contribution < 1.29 is 13.2 Å². The molecule has 6 heteroatoms. The highest BCUT2D eigenvalue weighted by Crippen LogP contribution is 2.33. The normalized spacial score (nSPS) is 14.2. The fourth-order valence-corrected chi connectivity index (χ4v) is 1.02. The van der Waals surface area contributed by atoms with Crippen LogP contribution in [0, 0.1) is 0 Å². The predicted octanol–water partition coefficient (Wildman–Crippen LogP) is 2.30. The Morgan fingerprint density at radius 3 is 2.54 bits per heavy atom. The first-order chi connectivity index (χ1) is 5.93. The molecule has 0 aliphatic carbocycles. The lowest BCUT2D eigenvalue weighted by molar-refractivity contribution is -0.149. The molecule has 13 heavy (non-hydrogen) atoms. The van der Waals surface area contributed by atoms with Crippen molar-refractivity contribution in [2.75, 3.05) is 0 Å². The SMILES string of the molecule is NC(c1cnccc1Cl)C(F)(F)F. The first kappa shape index (κ1) is 10.3. The van der Waals surface area contributed by atoms with E-state index in [4.69, 9.17) is 17.3 Å². The Bertz CT molecular complexity index is 300. The molecule has 2 nitrogen and oxygen atoms in total. The van der Waals surface area contributed by atoms with Gasteiger partial charge in [0, 0.05) is 23.0 Å².